The molecule has 1 aliphatic rings. The van der Waals surface area contributed by atoms with E-state index < -0.39 is 0 Å². The summed E-state index contributed by atoms with van der Waals surface area (Å²) in [6.07, 6.45) is 1.55. The smallest absolute Gasteiger partial charge is 0.223 e. The molecule has 3 nitrogen and oxygen atoms in total. The lowest BCUT2D eigenvalue weighted by atomic mass is 10.3. The first kappa shape index (κ1) is 9.58. The maximum absolute atomic E-state index is 11.3. The summed E-state index contributed by atoms with van der Waals surface area (Å²) in [5.41, 5.74) is 0. The molecule has 1 rings (SSSR count). The minimum Gasteiger partial charge on any atom is -0.341 e. The normalized spacial score (nSPS) is 17.5. The van der Waals surface area contributed by atoms with E-state index in [1.165, 1.54) is 0 Å². The summed E-state index contributed by atoms with van der Waals surface area (Å²) < 4.78 is 0. The van der Waals surface area contributed by atoms with Crippen LogP contribution in [0.3, 0.4) is 0 Å². The molecule has 0 saturated carbocycles. The van der Waals surface area contributed by atoms with Crippen molar-refractivity contribution < 1.29 is 9.59 Å². The Bertz CT molecular complexity index is 166. The molecule has 0 radical (unpaired) electrons. The van der Waals surface area contributed by atoms with E-state index in [-0.39, 0.29) is 5.91 Å². The van der Waals surface area contributed by atoms with Gasteiger partial charge in [-0.25, -0.2) is 0 Å². The summed E-state index contributed by atoms with van der Waals surface area (Å²) in [6.45, 7) is 1.70. The molecule has 1 heterocycles. The number of carbonyl (C=O) groups excluding carboxylic acids is 2. The third-order valence-electron chi connectivity index (χ3n) is 1.84. The van der Waals surface area contributed by atoms with Crippen LogP contribution in [-0.4, -0.2) is 41.7 Å². The molecule has 0 aromatic heterocycles. The van der Waals surface area contributed by atoms with Crippen molar-refractivity contribution in [1.29, 1.82) is 0 Å². The average Bonchev–Trinajstić information content (AvgIpc) is 2.15. The third kappa shape index (κ3) is 2.85. The van der Waals surface area contributed by atoms with Crippen molar-refractivity contribution in [3.63, 3.8) is 0 Å². The van der Waals surface area contributed by atoms with Gasteiger partial charge in [-0.1, -0.05) is 0 Å². The van der Waals surface area contributed by atoms with Gasteiger partial charge in [0.05, 0.1) is 0 Å². The number of nitrogens with zero attached hydrogens (tertiary/aromatic N) is 1. The Labute approximate surface area is 76.5 Å². The number of rotatable bonds is 3. The highest BCUT2D eigenvalue weighted by molar-refractivity contribution is 7.99. The van der Waals surface area contributed by atoms with E-state index in [0.29, 0.717) is 12.8 Å². The molecule has 12 heavy (non-hydrogen) atoms. The molecular weight excluding hydrogens is 174 g/mol. The minimum absolute atomic E-state index is 0.127. The van der Waals surface area contributed by atoms with Gasteiger partial charge >= 0.3 is 0 Å². The molecule has 1 aliphatic heterocycles. The van der Waals surface area contributed by atoms with Gasteiger partial charge in [0.15, 0.2) is 0 Å². The molecule has 68 valence electrons. The van der Waals surface area contributed by atoms with Crippen LogP contribution >= 0.6 is 11.8 Å². The van der Waals surface area contributed by atoms with Gasteiger partial charge in [-0.3, -0.25) is 4.79 Å². The fraction of sp³-hybridized carbons (Fsp3) is 0.750. The summed E-state index contributed by atoms with van der Waals surface area (Å²) in [5.74, 6) is 2.20. The van der Waals surface area contributed by atoms with Crippen molar-refractivity contribution in [1.82, 2.24) is 4.90 Å². The SMILES string of the molecule is O=CCCC(=O)N1CCSCC1. The highest BCUT2D eigenvalue weighted by atomic mass is 32.2. The van der Waals surface area contributed by atoms with E-state index in [2.05, 4.69) is 0 Å². The zero-order valence-corrected chi connectivity index (χ0v) is 7.81. The largest absolute Gasteiger partial charge is 0.341 e. The van der Waals surface area contributed by atoms with Crippen LogP contribution in [0.15, 0.2) is 0 Å². The van der Waals surface area contributed by atoms with Gasteiger partial charge in [0.1, 0.15) is 6.29 Å². The van der Waals surface area contributed by atoms with Crippen LogP contribution in [0.4, 0.5) is 0 Å². The number of thioether (sulfide) groups is 1. The monoisotopic (exact) mass is 187 g/mol. The molecule has 4 heteroatoms. The molecule has 0 N–H and O–H groups in total. The Balaban J connectivity index is 2.24. The second-order valence-corrected chi connectivity index (χ2v) is 3.92. The lowest BCUT2D eigenvalue weighted by molar-refractivity contribution is -0.131. The summed E-state index contributed by atoms with van der Waals surface area (Å²) in [6, 6.07) is 0. The zero-order valence-electron chi connectivity index (χ0n) is 6.99. The summed E-state index contributed by atoms with van der Waals surface area (Å²) in [4.78, 5) is 23.2. The molecule has 0 aromatic carbocycles. The van der Waals surface area contributed by atoms with Crippen molar-refractivity contribution in [2.45, 2.75) is 12.8 Å². The highest BCUT2D eigenvalue weighted by Crippen LogP contribution is 2.10. The third-order valence-corrected chi connectivity index (χ3v) is 2.78. The average molecular weight is 187 g/mol. The maximum Gasteiger partial charge on any atom is 0.223 e. The molecular formula is C8H13NO2S. The molecule has 0 aromatic rings. The van der Waals surface area contributed by atoms with Gasteiger partial charge in [-0.15, -0.1) is 0 Å². The van der Waals surface area contributed by atoms with Gasteiger partial charge in [0.2, 0.25) is 5.91 Å². The van der Waals surface area contributed by atoms with Crippen molar-refractivity contribution in [2.75, 3.05) is 24.6 Å². The quantitative estimate of drug-likeness (QED) is 0.605. The van der Waals surface area contributed by atoms with Crippen LogP contribution in [0.5, 0.6) is 0 Å². The molecule has 1 amide bonds. The fourth-order valence-electron chi connectivity index (χ4n) is 1.15. The number of carbonyl (C=O) groups is 2. The Morgan fingerprint density at radius 2 is 2.08 bits per heavy atom. The van der Waals surface area contributed by atoms with Gasteiger partial charge in [0, 0.05) is 37.4 Å². The van der Waals surface area contributed by atoms with Crippen molar-refractivity contribution in [3.8, 4) is 0 Å². The Hall–Kier alpha value is -0.510. The zero-order chi connectivity index (χ0) is 8.81. The second kappa shape index (κ2) is 5.19. The summed E-state index contributed by atoms with van der Waals surface area (Å²) >= 11 is 1.88. The minimum atomic E-state index is 0.127. The van der Waals surface area contributed by atoms with Gasteiger partial charge < -0.3 is 9.69 Å². The number of hydrogen-bond acceptors (Lipinski definition) is 3. The molecule has 1 fully saturated rings. The van der Waals surface area contributed by atoms with Crippen molar-refractivity contribution in [2.24, 2.45) is 0 Å². The molecule has 1 saturated heterocycles. The van der Waals surface area contributed by atoms with E-state index in [1.54, 1.807) is 0 Å². The van der Waals surface area contributed by atoms with Crippen molar-refractivity contribution in [3.05, 3.63) is 0 Å². The second-order valence-electron chi connectivity index (χ2n) is 2.70. The number of amides is 1. The first-order valence-electron chi connectivity index (χ1n) is 4.14. The van der Waals surface area contributed by atoms with E-state index in [1.807, 2.05) is 16.7 Å². The van der Waals surface area contributed by atoms with E-state index in [4.69, 9.17) is 0 Å². The number of hydrogen-bond donors (Lipinski definition) is 0. The van der Waals surface area contributed by atoms with Crippen LogP contribution in [0.2, 0.25) is 0 Å². The topological polar surface area (TPSA) is 37.4 Å². The van der Waals surface area contributed by atoms with Crippen LogP contribution in [0.1, 0.15) is 12.8 Å². The van der Waals surface area contributed by atoms with E-state index in [0.717, 1.165) is 30.9 Å². The summed E-state index contributed by atoms with van der Waals surface area (Å²) in [7, 11) is 0. The van der Waals surface area contributed by atoms with Crippen LogP contribution in [0.25, 0.3) is 0 Å². The fourth-order valence-corrected chi connectivity index (χ4v) is 2.06. The summed E-state index contributed by atoms with van der Waals surface area (Å²) in [5, 5.41) is 0. The molecule has 0 unspecified atom stereocenters. The lowest BCUT2D eigenvalue weighted by Crippen LogP contribution is -2.37. The van der Waals surface area contributed by atoms with Gasteiger partial charge in [0.25, 0.3) is 0 Å². The van der Waals surface area contributed by atoms with Crippen LogP contribution in [-0.2, 0) is 9.59 Å². The Morgan fingerprint density at radius 1 is 1.42 bits per heavy atom. The lowest BCUT2D eigenvalue weighted by Gasteiger charge is -2.26. The van der Waals surface area contributed by atoms with Crippen LogP contribution in [0, 0.1) is 0 Å². The van der Waals surface area contributed by atoms with Crippen molar-refractivity contribution >= 4 is 24.0 Å². The molecule has 0 atom stereocenters. The molecule has 0 aliphatic carbocycles. The maximum atomic E-state index is 11.3. The highest BCUT2D eigenvalue weighted by Gasteiger charge is 2.15. The standard InChI is InChI=1S/C8H13NO2S/c10-5-1-2-8(11)9-3-6-12-7-4-9/h5H,1-4,6-7H2. The Morgan fingerprint density at radius 3 is 2.67 bits per heavy atom. The molecule has 0 bridgehead atoms. The Kier molecular flexibility index (Phi) is 4.14. The van der Waals surface area contributed by atoms with Gasteiger partial charge in [-0.2, -0.15) is 11.8 Å². The predicted molar refractivity (Wildman–Crippen MR) is 49.2 cm³/mol. The first-order valence-corrected chi connectivity index (χ1v) is 5.29. The van der Waals surface area contributed by atoms with Gasteiger partial charge in [-0.05, 0) is 0 Å². The van der Waals surface area contributed by atoms with Crippen LogP contribution < -0.4 is 0 Å². The molecule has 0 spiro atoms. The van der Waals surface area contributed by atoms with E-state index >= 15 is 0 Å². The predicted octanol–water partition coefficient (Wildman–Crippen LogP) is 0.541. The van der Waals surface area contributed by atoms with E-state index in [9.17, 15) is 9.59 Å². The first-order chi connectivity index (χ1) is 5.84. The number of aldehydes is 1.